The zero-order valence-electron chi connectivity index (χ0n) is 70.8. The van der Waals surface area contributed by atoms with Crippen molar-refractivity contribution in [1.29, 1.82) is 0 Å². The molecule has 6 aliphatic heterocycles. The van der Waals surface area contributed by atoms with E-state index in [9.17, 15) is 179 Å². The van der Waals surface area contributed by atoms with E-state index in [1.54, 1.807) is 0 Å². The van der Waals surface area contributed by atoms with Gasteiger partial charge in [0.25, 0.3) is 0 Å². The van der Waals surface area contributed by atoms with E-state index in [-0.39, 0.29) is 38.3 Å². The van der Waals surface area contributed by atoms with Crippen LogP contribution in [0.5, 0.6) is 0 Å². The molecule has 62 heteroatoms. The Morgan fingerprint density at radius 3 is 0.873 bits per heavy atom. The number of aliphatic hydroxyl groups is 12. The Labute approximate surface area is 751 Å². The number of carbonyl (C=O) groups is 15. The molecule has 6 rings (SSSR count). The van der Waals surface area contributed by atoms with Gasteiger partial charge in [-0.15, -0.1) is 0 Å². The molecule has 0 aromatic heterocycles. The van der Waals surface area contributed by atoms with Gasteiger partial charge in [0, 0.05) is 58.8 Å². The van der Waals surface area contributed by atoms with E-state index in [4.69, 9.17) is 85.3 Å². The Balaban J connectivity index is 1.18. The summed E-state index contributed by atoms with van der Waals surface area (Å²) in [6.07, 6.45) is -84.6. The van der Waals surface area contributed by atoms with Crippen molar-refractivity contribution in [2.75, 3.05) is 21.3 Å². The zero-order valence-corrected chi connectivity index (χ0v) is 70.8. The Bertz CT molecular complexity index is 4100. The first-order chi connectivity index (χ1) is 63.1. The van der Waals surface area contributed by atoms with Crippen molar-refractivity contribution in [2.24, 2.45) is 32.2 Å². The fraction of sp³-hybridized carbons (Fsp3) is 0.736. The van der Waals surface area contributed by atoms with Crippen LogP contribution in [-0.2, 0) is 157 Å². The molecule has 6 saturated heterocycles. The number of nitrogens with zero attached hydrogens (tertiary/aromatic N) is 4. The highest BCUT2D eigenvalue weighted by molar-refractivity contribution is 5.85. The van der Waals surface area contributed by atoms with Crippen molar-refractivity contribution in [2.45, 2.75) is 299 Å². The Kier molecular flexibility index (Phi) is 44.4. The summed E-state index contributed by atoms with van der Waals surface area (Å²) in [7, 11) is 2.78. The van der Waals surface area contributed by atoms with E-state index in [1.807, 2.05) is 21.7 Å². The molecule has 0 aliphatic carbocycles. The van der Waals surface area contributed by atoms with Crippen LogP contribution in [0.25, 0.3) is 0 Å². The Morgan fingerprint density at radius 1 is 0.299 bits per heavy atom. The van der Waals surface area contributed by atoms with Gasteiger partial charge in [-0.05, 0) is 32.6 Å². The number of carboxylic acid groups (broad SMARTS) is 9. The maximum atomic E-state index is 13.4. The van der Waals surface area contributed by atoms with Gasteiger partial charge in [-0.1, -0.05) is 13.8 Å². The van der Waals surface area contributed by atoms with E-state index in [1.165, 1.54) is 0 Å². The first-order valence-corrected chi connectivity index (χ1v) is 39.9. The van der Waals surface area contributed by atoms with Crippen LogP contribution in [0.3, 0.4) is 0 Å². The second kappa shape index (κ2) is 52.9. The molecule has 134 heavy (non-hydrogen) atoms. The first-order valence-electron chi connectivity index (χ1n) is 39.9. The maximum absolute atomic E-state index is 13.4. The molecule has 25 N–H and O–H groups in total. The van der Waals surface area contributed by atoms with Gasteiger partial charge in [-0.25, -0.2) is 64.9 Å². The lowest BCUT2D eigenvalue weighted by Crippen LogP contribution is -2.62. The smallest absolute Gasteiger partial charge is 0.336 e. The average molecular weight is 1950 g/mol. The molecule has 6 heterocycles. The molecule has 4 amide bonds. The number of ether oxygens (including phenoxy) is 18. The predicted molar refractivity (Wildman–Crippen MR) is 412 cm³/mol. The summed E-state index contributed by atoms with van der Waals surface area (Å²) in [5, 5.41) is 235. The molecule has 0 radical (unpaired) electrons. The molecule has 0 bridgehead atoms. The molecule has 0 aromatic rings. The molecule has 39 atom stereocenters. The molecule has 6 aliphatic rings. The van der Waals surface area contributed by atoms with Crippen LogP contribution in [0.2, 0.25) is 0 Å². The number of methoxy groups -OCH3 is 3. The largest absolute Gasteiger partial charge is 0.479 e. The number of hydrogen-bond acceptors (Lipinski definition) is 49. The zero-order chi connectivity index (χ0) is 100. The topological polar surface area (TPSA) is 945 Å². The average Bonchev–Trinajstić information content (AvgIpc) is 0.807. The summed E-state index contributed by atoms with van der Waals surface area (Å²) in [6, 6.07) is 0. The number of aliphatic carboxylic acids is 9. The van der Waals surface area contributed by atoms with Crippen molar-refractivity contribution in [3.05, 3.63) is 0 Å². The summed E-state index contributed by atoms with van der Waals surface area (Å²) in [4.78, 5) is 190. The molecule has 37 unspecified atom stereocenters. The third-order valence-corrected chi connectivity index (χ3v) is 20.7. The number of aldehydes is 2. The minimum atomic E-state index is -2.78. The highest BCUT2D eigenvalue weighted by atomic mass is 16.8. The number of nitrogens with one attached hydrogen (secondary N) is 4. The monoisotopic (exact) mass is 1940 g/mol. The lowest BCUT2D eigenvalue weighted by atomic mass is 9.90. The van der Waals surface area contributed by atoms with Gasteiger partial charge >= 0.3 is 53.7 Å². The molecule has 756 valence electrons. The standard InChI is InChI=1S/C72H104N8O54/c1-21-34(87)41(94)70(130-46(21)59(99)100)121-24(15-73-77-27(83)11-7-8-12-28(84)78-74-16-25(122-72-45(98)38(91)51(117-4)55(134-72)64(109)110)49(62(105)106)128-33(20-82)129-52-37(90)36(89)23(3)120-56(52)65(111)112)48(61(103)104)124-31(126-53-39(92)43(96)68(118-5)132-57(53)66(113)114)17-75-79-29(85)13-9-10-14-30(86)80-76-18-32(127-54-40(93)44(97)69(119-6)133-58(54)67(115)116)125-50(63(107)108)26(19-81)123-71-42(95)35(88)22(2)47(131-71)60(101)102/h15-26,31-58,68-72,87-98H,7-14H2,1-6H3,(H,77,83)(H,78,84)(H,79,85)(H,80,86)(H,99,100)(H,101,102)(H,103,104)(H,105,106)(H,107,108)(H,109,110)(H,111,112)(H,113,114)(H,115,116)/b73-15+,74-16+,75-17+,76-18+/t21?,22?,23?,24?,25?,26-,31?,32?,33?,34?,35?,36?,37?,38?,39?,40?,41?,42?,43?,44?,45?,46?,47?,48-,49?,50?,51?,52?,53?,54?,55?,56?,57?,58?,68?,69?,70?,71?,72?/m1/s1. The van der Waals surface area contributed by atoms with Gasteiger partial charge in [0.1, 0.15) is 97.7 Å². The van der Waals surface area contributed by atoms with Gasteiger partial charge < -0.3 is 197 Å². The number of carboxylic acids is 9. The fourth-order valence-electron chi connectivity index (χ4n) is 13.5. The van der Waals surface area contributed by atoms with E-state index in [0.717, 1.165) is 42.1 Å². The number of hydrazone groups is 4. The van der Waals surface area contributed by atoms with Gasteiger partial charge in [0.2, 0.25) is 29.9 Å². The minimum absolute atomic E-state index is 0.253. The second-order valence-corrected chi connectivity index (χ2v) is 30.0. The quantitative estimate of drug-likeness (QED) is 0.00884. The number of carbonyl (C=O) groups excluding carboxylic acids is 6. The summed E-state index contributed by atoms with van der Waals surface area (Å²) in [5.74, 6) is -24.3. The molecule has 0 aromatic carbocycles. The van der Waals surface area contributed by atoms with Crippen LogP contribution in [0.1, 0.15) is 72.1 Å². The van der Waals surface area contributed by atoms with Crippen LogP contribution in [0.15, 0.2) is 20.4 Å². The highest BCUT2D eigenvalue weighted by Gasteiger charge is 2.57. The van der Waals surface area contributed by atoms with Crippen molar-refractivity contribution in [1.82, 2.24) is 21.7 Å². The second-order valence-electron chi connectivity index (χ2n) is 30.0. The number of hydrogen-bond donors (Lipinski definition) is 25. The fourth-order valence-corrected chi connectivity index (χ4v) is 13.5. The Hall–Kier alpha value is -10.1. The lowest BCUT2D eigenvalue weighted by Gasteiger charge is -2.41. The molecule has 62 nitrogen and oxygen atoms in total. The van der Waals surface area contributed by atoms with Crippen molar-refractivity contribution in [3.63, 3.8) is 0 Å². The molecular formula is C72H104N8O54. The summed E-state index contributed by atoms with van der Waals surface area (Å²) >= 11 is 0. The minimum Gasteiger partial charge on any atom is -0.479 e. The number of unbranched alkanes of at least 4 members (excludes halogenated alkanes) is 2. The normalized spacial score (nSPS) is 34.5. The van der Waals surface area contributed by atoms with E-state index < -0.39 is 342 Å². The van der Waals surface area contributed by atoms with Crippen LogP contribution in [0, 0.1) is 11.8 Å². The maximum Gasteiger partial charge on any atom is 0.336 e. The van der Waals surface area contributed by atoms with Crippen LogP contribution in [-0.4, -0.2) is 471 Å². The van der Waals surface area contributed by atoms with Gasteiger partial charge in [-0.2, -0.15) is 20.4 Å². The van der Waals surface area contributed by atoms with E-state index in [0.29, 0.717) is 24.9 Å². The summed E-state index contributed by atoms with van der Waals surface area (Å²) in [6.45, 7) is 3.43. The van der Waals surface area contributed by atoms with Crippen LogP contribution in [0.4, 0.5) is 0 Å². The third-order valence-electron chi connectivity index (χ3n) is 20.7. The SMILES string of the molecule is COC1OC(C(=O)O)C(OC(/C=N/NC(=O)CCCCC(=O)N/N=C/C(OC2C(C(=O)O)OC(OC)C(O)C2O)O[C@@H](C(=O)O)C(/C=N/NC(=O)CCCCC(=O)N/N=C/C(OC2OC(C(=O)O)C(OC)C(O)C2O)C(OC(C=O)OC2C(C(=O)O)OC(C)C(O)C2O)C(=O)O)OC2OC(C(=O)O)C(C)C(O)C2O)OC(C(=O)O)[C@@H](C=O)OC2OC(C(=O)O)C(C)C(O)C2O)C(O)C1O. The van der Waals surface area contributed by atoms with E-state index >= 15 is 0 Å². The van der Waals surface area contributed by atoms with Gasteiger partial charge in [-0.3, -0.25) is 24.0 Å². The summed E-state index contributed by atoms with van der Waals surface area (Å²) < 4.78 is 95.4. The van der Waals surface area contributed by atoms with Crippen molar-refractivity contribution in [3.8, 4) is 0 Å². The predicted octanol–water partition coefficient (Wildman–Crippen LogP) is -13.6. The lowest BCUT2D eigenvalue weighted by molar-refractivity contribution is -0.316. The molecule has 0 spiro atoms. The highest BCUT2D eigenvalue weighted by Crippen LogP contribution is 2.35. The van der Waals surface area contributed by atoms with Gasteiger partial charge in [0.05, 0.1) is 43.2 Å². The van der Waals surface area contributed by atoms with Gasteiger partial charge in [0.15, 0.2) is 118 Å². The third kappa shape index (κ3) is 30.5. The molecule has 0 saturated carbocycles. The number of rotatable bonds is 53. The van der Waals surface area contributed by atoms with Crippen molar-refractivity contribution >= 4 is 115 Å². The van der Waals surface area contributed by atoms with Crippen molar-refractivity contribution < 1.29 is 264 Å². The van der Waals surface area contributed by atoms with Crippen LogP contribution < -0.4 is 21.7 Å². The number of aliphatic hydroxyl groups excluding tert-OH is 12. The first kappa shape index (κ1) is 113. The molecule has 6 fully saturated rings. The number of amides is 4. The molecular weight excluding hydrogens is 1840 g/mol. The summed E-state index contributed by atoms with van der Waals surface area (Å²) in [5.41, 5.74) is 7.80. The Morgan fingerprint density at radius 2 is 0.560 bits per heavy atom. The van der Waals surface area contributed by atoms with E-state index in [2.05, 4.69) is 20.4 Å². The van der Waals surface area contributed by atoms with Crippen LogP contribution >= 0.6 is 0 Å².